The molecule has 2 N–H and O–H groups in total. The number of nitrogens with one attached hydrogen (secondary N) is 2. The summed E-state index contributed by atoms with van der Waals surface area (Å²) in [6.45, 7) is 2.25. The molecule has 2 heterocycles. The lowest BCUT2D eigenvalue weighted by atomic mass is 10.0. The van der Waals surface area contributed by atoms with Crippen molar-refractivity contribution in [3.8, 4) is 33.9 Å². The van der Waals surface area contributed by atoms with E-state index in [1.807, 2.05) is 31.3 Å². The third-order valence-electron chi connectivity index (χ3n) is 6.58. The summed E-state index contributed by atoms with van der Waals surface area (Å²) in [4.78, 5) is 22.4. The fraction of sp³-hybridized carbons (Fsp3) is 0.200. The number of H-pyrrole nitrogens is 1. The minimum Gasteiger partial charge on any atom is -0.466 e. The Morgan fingerprint density at radius 2 is 1.56 bits per heavy atom. The number of methoxy groups -OCH3 is 1. The van der Waals surface area contributed by atoms with E-state index in [0.29, 0.717) is 0 Å². The van der Waals surface area contributed by atoms with Gasteiger partial charge in [0.1, 0.15) is 5.82 Å². The number of carbonyl (C=O) groups excluding carboxylic acids is 1. The average Bonchev–Trinajstić information content (AvgIpc) is 3.63. The normalized spacial score (nSPS) is 13.3. The van der Waals surface area contributed by atoms with Crippen LogP contribution < -0.4 is 10.2 Å². The molecule has 3 aromatic carbocycles. The van der Waals surface area contributed by atoms with Crippen molar-refractivity contribution in [3.63, 3.8) is 0 Å². The molecule has 0 bridgehead atoms. The van der Waals surface area contributed by atoms with Crippen molar-refractivity contribution in [2.45, 2.75) is 12.8 Å². The second-order valence-corrected chi connectivity index (χ2v) is 8.86. The second kappa shape index (κ2) is 10.5. The molecule has 0 amide bonds. The SMILES string of the molecule is CNc1ccc(-c2[nH]c(-c3ccc(C=CC(=O)OC)cc3)nc2-c2ccc(N3CCCC3)cc2)cc1. The first-order valence-electron chi connectivity index (χ1n) is 12.2. The number of hydrogen-bond donors (Lipinski definition) is 2. The first-order valence-corrected chi connectivity index (χ1v) is 12.2. The fourth-order valence-corrected chi connectivity index (χ4v) is 4.52. The van der Waals surface area contributed by atoms with E-state index in [1.54, 1.807) is 6.08 Å². The molecule has 1 aromatic heterocycles. The molecule has 0 aliphatic carbocycles. The number of anilines is 2. The lowest BCUT2D eigenvalue weighted by Gasteiger charge is -2.17. The zero-order valence-corrected chi connectivity index (χ0v) is 20.6. The molecular weight excluding hydrogens is 448 g/mol. The molecule has 6 nitrogen and oxygen atoms in total. The summed E-state index contributed by atoms with van der Waals surface area (Å²) >= 11 is 0. The van der Waals surface area contributed by atoms with Gasteiger partial charge < -0.3 is 19.9 Å². The number of carbonyl (C=O) groups is 1. The third kappa shape index (κ3) is 5.03. The van der Waals surface area contributed by atoms with E-state index in [4.69, 9.17) is 4.98 Å². The number of imidazole rings is 1. The molecule has 0 spiro atoms. The van der Waals surface area contributed by atoms with Crippen LogP contribution in [0.25, 0.3) is 40.0 Å². The Morgan fingerprint density at radius 3 is 2.19 bits per heavy atom. The van der Waals surface area contributed by atoms with Gasteiger partial charge in [0.2, 0.25) is 0 Å². The smallest absolute Gasteiger partial charge is 0.330 e. The summed E-state index contributed by atoms with van der Waals surface area (Å²) in [7, 11) is 3.29. The number of aromatic nitrogens is 2. The maximum atomic E-state index is 11.4. The third-order valence-corrected chi connectivity index (χ3v) is 6.58. The first-order chi connectivity index (χ1) is 17.6. The summed E-state index contributed by atoms with van der Waals surface area (Å²) < 4.78 is 4.67. The molecule has 1 saturated heterocycles. The molecular formula is C30H30N4O2. The van der Waals surface area contributed by atoms with E-state index >= 15 is 0 Å². The average molecular weight is 479 g/mol. The van der Waals surface area contributed by atoms with Crippen LogP contribution in [0.1, 0.15) is 18.4 Å². The van der Waals surface area contributed by atoms with Crippen LogP contribution >= 0.6 is 0 Å². The summed E-state index contributed by atoms with van der Waals surface area (Å²) in [5.41, 5.74) is 8.26. The highest BCUT2D eigenvalue weighted by Gasteiger charge is 2.17. The molecule has 5 rings (SSSR count). The molecule has 1 aliphatic heterocycles. The van der Waals surface area contributed by atoms with E-state index in [0.717, 1.165) is 58.2 Å². The predicted molar refractivity (Wildman–Crippen MR) is 147 cm³/mol. The van der Waals surface area contributed by atoms with Crippen LogP contribution in [0.5, 0.6) is 0 Å². The van der Waals surface area contributed by atoms with Gasteiger partial charge in [0.25, 0.3) is 0 Å². The van der Waals surface area contributed by atoms with Gasteiger partial charge in [0.05, 0.1) is 18.5 Å². The Balaban J connectivity index is 1.50. The maximum Gasteiger partial charge on any atom is 0.330 e. The van der Waals surface area contributed by atoms with Crippen molar-refractivity contribution in [1.82, 2.24) is 9.97 Å². The number of ether oxygens (including phenoxy) is 1. The van der Waals surface area contributed by atoms with Gasteiger partial charge in [-0.2, -0.15) is 0 Å². The molecule has 6 heteroatoms. The zero-order valence-electron chi connectivity index (χ0n) is 20.6. The number of benzene rings is 3. The monoisotopic (exact) mass is 478 g/mol. The minimum atomic E-state index is -0.376. The Bertz CT molecular complexity index is 1350. The molecule has 0 saturated carbocycles. The van der Waals surface area contributed by atoms with E-state index in [1.165, 1.54) is 31.7 Å². The van der Waals surface area contributed by atoms with Crippen molar-refractivity contribution in [2.75, 3.05) is 37.5 Å². The van der Waals surface area contributed by atoms with Gasteiger partial charge in [0, 0.05) is 54.3 Å². The fourth-order valence-electron chi connectivity index (χ4n) is 4.52. The molecule has 0 radical (unpaired) electrons. The van der Waals surface area contributed by atoms with E-state index in [-0.39, 0.29) is 5.97 Å². The van der Waals surface area contributed by atoms with Gasteiger partial charge in [-0.25, -0.2) is 9.78 Å². The van der Waals surface area contributed by atoms with Gasteiger partial charge in [-0.1, -0.05) is 48.5 Å². The van der Waals surface area contributed by atoms with E-state index in [2.05, 4.69) is 68.5 Å². The van der Waals surface area contributed by atoms with Crippen LogP contribution in [0.15, 0.2) is 78.9 Å². The van der Waals surface area contributed by atoms with Crippen molar-refractivity contribution in [3.05, 3.63) is 84.4 Å². The van der Waals surface area contributed by atoms with Gasteiger partial charge in [-0.05, 0) is 48.7 Å². The molecule has 36 heavy (non-hydrogen) atoms. The van der Waals surface area contributed by atoms with Crippen molar-refractivity contribution in [1.29, 1.82) is 0 Å². The van der Waals surface area contributed by atoms with Crippen LogP contribution in [-0.2, 0) is 9.53 Å². The highest BCUT2D eigenvalue weighted by Crippen LogP contribution is 2.35. The zero-order chi connectivity index (χ0) is 24.9. The van der Waals surface area contributed by atoms with E-state index in [9.17, 15) is 4.79 Å². The molecule has 4 aromatic rings. The first kappa shape index (κ1) is 23.4. The molecule has 0 unspecified atom stereocenters. The summed E-state index contributed by atoms with van der Waals surface area (Å²) in [5, 5.41) is 3.18. The van der Waals surface area contributed by atoms with Gasteiger partial charge in [0.15, 0.2) is 0 Å². The van der Waals surface area contributed by atoms with Crippen LogP contribution in [0.2, 0.25) is 0 Å². The van der Waals surface area contributed by atoms with Crippen LogP contribution in [0.4, 0.5) is 11.4 Å². The topological polar surface area (TPSA) is 70.2 Å². The lowest BCUT2D eigenvalue weighted by molar-refractivity contribution is -0.134. The quantitative estimate of drug-likeness (QED) is 0.243. The Labute approximate surface area is 211 Å². The highest BCUT2D eigenvalue weighted by atomic mass is 16.5. The molecule has 1 fully saturated rings. The molecule has 1 aliphatic rings. The highest BCUT2D eigenvalue weighted by molar-refractivity contribution is 5.87. The molecule has 182 valence electrons. The number of nitrogens with zero attached hydrogens (tertiary/aromatic N) is 2. The summed E-state index contributed by atoms with van der Waals surface area (Å²) in [5.74, 6) is 0.421. The Kier molecular flexibility index (Phi) is 6.85. The van der Waals surface area contributed by atoms with Crippen LogP contribution in [0.3, 0.4) is 0 Å². The minimum absolute atomic E-state index is 0.376. The second-order valence-electron chi connectivity index (χ2n) is 8.86. The van der Waals surface area contributed by atoms with Gasteiger partial charge in [-0.15, -0.1) is 0 Å². The maximum absolute atomic E-state index is 11.4. The van der Waals surface area contributed by atoms with Crippen molar-refractivity contribution >= 4 is 23.4 Å². The van der Waals surface area contributed by atoms with Crippen molar-refractivity contribution in [2.24, 2.45) is 0 Å². The number of hydrogen-bond acceptors (Lipinski definition) is 5. The van der Waals surface area contributed by atoms with E-state index < -0.39 is 0 Å². The van der Waals surface area contributed by atoms with Crippen molar-refractivity contribution < 1.29 is 9.53 Å². The number of esters is 1. The number of aromatic amines is 1. The predicted octanol–water partition coefficient (Wildman–Crippen LogP) is 6.24. The largest absolute Gasteiger partial charge is 0.466 e. The summed E-state index contributed by atoms with van der Waals surface area (Å²) in [6.07, 6.45) is 5.67. The van der Waals surface area contributed by atoms with Crippen LogP contribution in [-0.4, -0.2) is 43.2 Å². The number of rotatable bonds is 7. The van der Waals surface area contributed by atoms with Gasteiger partial charge >= 0.3 is 5.97 Å². The lowest BCUT2D eigenvalue weighted by Crippen LogP contribution is -2.17. The Morgan fingerprint density at radius 1 is 0.917 bits per heavy atom. The standard InChI is InChI=1S/C30H30N4O2/c1-31-25-14-10-22(11-15-25)28-29(23-12-16-26(17-13-23)34-19-3-4-20-34)33-30(32-28)24-8-5-21(6-9-24)7-18-27(35)36-2/h5-18,31H,3-4,19-20H2,1-2H3,(H,32,33). The van der Waals surface area contributed by atoms with Crippen LogP contribution in [0, 0.1) is 0 Å². The molecule has 0 atom stereocenters. The summed E-state index contributed by atoms with van der Waals surface area (Å²) in [6, 6.07) is 25.0. The van der Waals surface area contributed by atoms with Gasteiger partial charge in [-0.3, -0.25) is 0 Å². The Hall–Kier alpha value is -4.32.